The lowest BCUT2D eigenvalue weighted by molar-refractivity contribution is -0.121. The molecule has 0 saturated carbocycles. The molecule has 3 heterocycles. The number of fused-ring (bicyclic) bond motifs is 2. The Morgan fingerprint density at radius 3 is 3.00 bits per heavy atom. The molecule has 3 rings (SSSR count). The topological polar surface area (TPSA) is 57.3 Å². The first-order valence-electron chi connectivity index (χ1n) is 7.03. The van der Waals surface area contributed by atoms with E-state index in [0.29, 0.717) is 18.9 Å². The zero-order valence-corrected chi connectivity index (χ0v) is 12.1. The van der Waals surface area contributed by atoms with E-state index < -0.39 is 0 Å². The first-order chi connectivity index (χ1) is 9.61. The summed E-state index contributed by atoms with van der Waals surface area (Å²) in [5.74, 6) is 1.42. The molecule has 0 fully saturated rings. The molecular formula is C15H20N4O. The minimum absolute atomic E-state index is 0.0770. The second-order valence-electron chi connectivity index (χ2n) is 5.67. The normalized spacial score (nSPS) is 21.7. The van der Waals surface area contributed by atoms with Crippen LogP contribution in [0.3, 0.4) is 0 Å². The number of amides is 1. The van der Waals surface area contributed by atoms with Crippen LogP contribution in [0.2, 0.25) is 0 Å². The second-order valence-corrected chi connectivity index (χ2v) is 5.67. The molecule has 0 radical (unpaired) electrons. The third kappa shape index (κ3) is 1.98. The predicted molar refractivity (Wildman–Crippen MR) is 78.9 cm³/mol. The van der Waals surface area contributed by atoms with Crippen molar-refractivity contribution < 1.29 is 4.79 Å². The molecule has 2 N–H and O–H groups in total. The fourth-order valence-corrected chi connectivity index (χ4v) is 3.08. The Kier molecular flexibility index (Phi) is 3.22. The van der Waals surface area contributed by atoms with Crippen molar-refractivity contribution in [2.75, 3.05) is 18.6 Å². The summed E-state index contributed by atoms with van der Waals surface area (Å²) in [6.07, 6.45) is 2.28. The summed E-state index contributed by atoms with van der Waals surface area (Å²) < 4.78 is 0. The predicted octanol–water partition coefficient (Wildman–Crippen LogP) is 1.33. The molecular weight excluding hydrogens is 252 g/mol. The fraction of sp³-hybridized carbons (Fsp3) is 0.467. The van der Waals surface area contributed by atoms with Gasteiger partial charge in [-0.15, -0.1) is 0 Å². The van der Waals surface area contributed by atoms with E-state index in [0.717, 1.165) is 11.4 Å². The average molecular weight is 272 g/mol. The molecule has 2 aliphatic rings. The second kappa shape index (κ2) is 4.90. The van der Waals surface area contributed by atoms with Gasteiger partial charge < -0.3 is 5.32 Å². The van der Waals surface area contributed by atoms with E-state index in [1.807, 2.05) is 18.1 Å². The highest BCUT2D eigenvalue weighted by atomic mass is 16.1. The Morgan fingerprint density at radius 2 is 2.30 bits per heavy atom. The van der Waals surface area contributed by atoms with E-state index in [9.17, 15) is 4.79 Å². The molecule has 5 heteroatoms. The Labute approximate surface area is 119 Å². The fourth-order valence-electron chi connectivity index (χ4n) is 3.08. The molecule has 5 nitrogen and oxygen atoms in total. The lowest BCUT2D eigenvalue weighted by Gasteiger charge is -2.39. The van der Waals surface area contributed by atoms with E-state index >= 15 is 0 Å². The maximum absolute atomic E-state index is 11.9. The van der Waals surface area contributed by atoms with Gasteiger partial charge in [0.05, 0.1) is 19.0 Å². The molecule has 1 aromatic rings. The quantitative estimate of drug-likeness (QED) is 0.853. The SMILES string of the molecule is CNN1CC2=C(c3cccnc31)C(C(C)C)NC(=O)C2. The van der Waals surface area contributed by atoms with Crippen molar-refractivity contribution in [2.24, 2.45) is 5.92 Å². The molecule has 0 bridgehead atoms. The molecule has 0 aromatic carbocycles. The van der Waals surface area contributed by atoms with Crippen LogP contribution >= 0.6 is 0 Å². The van der Waals surface area contributed by atoms with Gasteiger partial charge in [0.1, 0.15) is 0 Å². The minimum atomic E-state index is 0.0770. The number of hydrazine groups is 1. The third-order valence-corrected chi connectivity index (χ3v) is 4.00. The molecule has 1 atom stereocenters. The summed E-state index contributed by atoms with van der Waals surface area (Å²) in [4.78, 5) is 16.4. The average Bonchev–Trinajstić information content (AvgIpc) is 2.45. The monoisotopic (exact) mass is 272 g/mol. The Morgan fingerprint density at radius 1 is 1.50 bits per heavy atom. The number of nitrogens with one attached hydrogen (secondary N) is 2. The van der Waals surface area contributed by atoms with Gasteiger partial charge in [0, 0.05) is 18.8 Å². The summed E-state index contributed by atoms with van der Waals surface area (Å²) in [7, 11) is 1.88. The molecule has 0 spiro atoms. The number of anilines is 1. The third-order valence-electron chi connectivity index (χ3n) is 4.00. The summed E-state index contributed by atoms with van der Waals surface area (Å²) in [6, 6.07) is 4.12. The number of carbonyl (C=O) groups is 1. The number of hydrogen-bond acceptors (Lipinski definition) is 4. The molecule has 2 aliphatic heterocycles. The van der Waals surface area contributed by atoms with Crippen molar-refractivity contribution in [3.05, 3.63) is 29.5 Å². The highest BCUT2D eigenvalue weighted by Gasteiger charge is 2.35. The summed E-state index contributed by atoms with van der Waals surface area (Å²) >= 11 is 0. The van der Waals surface area contributed by atoms with Gasteiger partial charge in [-0.2, -0.15) is 0 Å². The highest BCUT2D eigenvalue weighted by molar-refractivity contribution is 5.93. The van der Waals surface area contributed by atoms with Crippen LogP contribution in [0.25, 0.3) is 5.57 Å². The smallest absolute Gasteiger partial charge is 0.224 e. The van der Waals surface area contributed by atoms with Gasteiger partial charge in [0.15, 0.2) is 5.82 Å². The number of hydrogen-bond donors (Lipinski definition) is 2. The van der Waals surface area contributed by atoms with E-state index in [-0.39, 0.29) is 11.9 Å². The largest absolute Gasteiger partial charge is 0.349 e. The molecule has 1 amide bonds. The first kappa shape index (κ1) is 13.1. The van der Waals surface area contributed by atoms with E-state index in [1.54, 1.807) is 6.20 Å². The molecule has 0 saturated heterocycles. The Balaban J connectivity index is 2.16. The van der Waals surface area contributed by atoms with Gasteiger partial charge in [-0.1, -0.05) is 13.8 Å². The molecule has 106 valence electrons. The van der Waals surface area contributed by atoms with Gasteiger partial charge in [-0.3, -0.25) is 9.80 Å². The van der Waals surface area contributed by atoms with Crippen molar-refractivity contribution in [3.8, 4) is 0 Å². The maximum Gasteiger partial charge on any atom is 0.224 e. The van der Waals surface area contributed by atoms with Crippen molar-refractivity contribution >= 4 is 17.3 Å². The van der Waals surface area contributed by atoms with E-state index in [1.165, 1.54) is 11.1 Å². The van der Waals surface area contributed by atoms with E-state index in [4.69, 9.17) is 0 Å². The van der Waals surface area contributed by atoms with Crippen LogP contribution in [0, 0.1) is 5.92 Å². The van der Waals surface area contributed by atoms with Crippen molar-refractivity contribution in [3.63, 3.8) is 0 Å². The zero-order chi connectivity index (χ0) is 14.3. The highest BCUT2D eigenvalue weighted by Crippen LogP contribution is 2.39. The van der Waals surface area contributed by atoms with Crippen LogP contribution in [0.1, 0.15) is 25.8 Å². The number of nitrogens with zero attached hydrogens (tertiary/aromatic N) is 2. The number of rotatable bonds is 2. The zero-order valence-electron chi connectivity index (χ0n) is 12.1. The van der Waals surface area contributed by atoms with Crippen LogP contribution in [0.4, 0.5) is 5.82 Å². The lowest BCUT2D eigenvalue weighted by atomic mass is 9.81. The number of carbonyl (C=O) groups excluding carboxylic acids is 1. The van der Waals surface area contributed by atoms with Crippen molar-refractivity contribution in [2.45, 2.75) is 26.3 Å². The van der Waals surface area contributed by atoms with Crippen LogP contribution < -0.4 is 15.8 Å². The van der Waals surface area contributed by atoms with Crippen LogP contribution in [0.5, 0.6) is 0 Å². The minimum Gasteiger partial charge on any atom is -0.349 e. The van der Waals surface area contributed by atoms with Crippen LogP contribution in [0.15, 0.2) is 23.9 Å². The van der Waals surface area contributed by atoms with Gasteiger partial charge in [-0.05, 0) is 29.2 Å². The van der Waals surface area contributed by atoms with Crippen molar-refractivity contribution in [1.29, 1.82) is 0 Å². The van der Waals surface area contributed by atoms with Gasteiger partial charge in [0.25, 0.3) is 0 Å². The van der Waals surface area contributed by atoms with Gasteiger partial charge >= 0.3 is 0 Å². The number of pyridine rings is 1. The lowest BCUT2D eigenvalue weighted by Crippen LogP contribution is -2.49. The summed E-state index contributed by atoms with van der Waals surface area (Å²) in [6.45, 7) is 5.00. The first-order valence-corrected chi connectivity index (χ1v) is 7.03. The Hall–Kier alpha value is -1.88. The van der Waals surface area contributed by atoms with Crippen molar-refractivity contribution in [1.82, 2.24) is 15.7 Å². The molecule has 1 unspecified atom stereocenters. The maximum atomic E-state index is 11.9. The van der Waals surface area contributed by atoms with Crippen LogP contribution in [-0.4, -0.2) is 30.5 Å². The van der Waals surface area contributed by atoms with E-state index in [2.05, 4.69) is 35.6 Å². The molecule has 0 aliphatic carbocycles. The molecule has 1 aromatic heterocycles. The summed E-state index contributed by atoms with van der Waals surface area (Å²) in [5.41, 5.74) is 6.74. The molecule has 20 heavy (non-hydrogen) atoms. The standard InChI is InChI=1S/C15H20N4O/c1-9(2)14-13-10(7-12(20)18-14)8-19(16-3)15-11(13)5-4-6-17-15/h4-6,9,14,16H,7-8H2,1-3H3,(H,18,20). The summed E-state index contributed by atoms with van der Waals surface area (Å²) in [5, 5.41) is 5.13. The van der Waals surface area contributed by atoms with Gasteiger partial charge in [-0.25, -0.2) is 10.4 Å². The van der Waals surface area contributed by atoms with Gasteiger partial charge in [0.2, 0.25) is 5.91 Å². The number of aromatic nitrogens is 1. The van der Waals surface area contributed by atoms with Crippen LogP contribution in [-0.2, 0) is 4.79 Å². The Bertz CT molecular complexity index is 579.